The molecule has 1 rings (SSSR count). The van der Waals surface area contributed by atoms with Gasteiger partial charge in [-0.15, -0.1) is 0 Å². The van der Waals surface area contributed by atoms with Crippen molar-refractivity contribution in [1.29, 1.82) is 0 Å². The summed E-state index contributed by atoms with van der Waals surface area (Å²) in [6, 6.07) is 4.36. The number of aliphatic imine (C=N–C) groups is 1. The van der Waals surface area contributed by atoms with Crippen LogP contribution in [0.5, 0.6) is 5.75 Å². The summed E-state index contributed by atoms with van der Waals surface area (Å²) in [4.78, 5) is 4.13. The smallest absolute Gasteiger partial charge is 0.191 e. The van der Waals surface area contributed by atoms with Crippen molar-refractivity contribution in [2.45, 2.75) is 39.7 Å². The quantitative estimate of drug-likeness (QED) is 0.412. The first-order chi connectivity index (χ1) is 10.0. The minimum Gasteiger partial charge on any atom is -0.505 e. The lowest BCUT2D eigenvalue weighted by Gasteiger charge is -2.12. The molecule has 1 aromatic rings. The van der Waals surface area contributed by atoms with E-state index in [1.807, 2.05) is 0 Å². The molecule has 1 aromatic carbocycles. The first kappa shape index (κ1) is 17.3. The minimum atomic E-state index is -0.606. The third kappa shape index (κ3) is 6.97. The van der Waals surface area contributed by atoms with Gasteiger partial charge in [-0.2, -0.15) is 0 Å². The SMILES string of the molecule is CN=C(NCCCCC(C)C)NCc1ccc(O)c(F)c1. The van der Waals surface area contributed by atoms with Gasteiger partial charge in [-0.3, -0.25) is 4.99 Å². The van der Waals surface area contributed by atoms with Gasteiger partial charge < -0.3 is 15.7 Å². The first-order valence-electron chi connectivity index (χ1n) is 7.45. The summed E-state index contributed by atoms with van der Waals surface area (Å²) in [5.74, 6) is 0.511. The maximum atomic E-state index is 13.2. The molecule has 0 bridgehead atoms. The number of benzene rings is 1. The van der Waals surface area contributed by atoms with Crippen LogP contribution in [0.25, 0.3) is 0 Å². The highest BCUT2D eigenvalue weighted by Gasteiger charge is 2.03. The third-order valence-corrected chi connectivity index (χ3v) is 3.20. The number of aromatic hydroxyl groups is 1. The molecule has 0 aliphatic rings. The summed E-state index contributed by atoms with van der Waals surface area (Å²) in [7, 11) is 1.71. The van der Waals surface area contributed by atoms with Gasteiger partial charge >= 0.3 is 0 Å². The van der Waals surface area contributed by atoms with Crippen LogP contribution in [0.2, 0.25) is 0 Å². The number of halogens is 1. The van der Waals surface area contributed by atoms with Gasteiger partial charge in [0.05, 0.1) is 0 Å². The molecule has 0 unspecified atom stereocenters. The topological polar surface area (TPSA) is 56.7 Å². The number of nitrogens with one attached hydrogen (secondary N) is 2. The van der Waals surface area contributed by atoms with Crippen molar-refractivity contribution in [3.63, 3.8) is 0 Å². The minimum absolute atomic E-state index is 0.327. The molecule has 0 fully saturated rings. The maximum Gasteiger partial charge on any atom is 0.191 e. The van der Waals surface area contributed by atoms with E-state index in [0.717, 1.165) is 24.4 Å². The number of unbranched alkanes of at least 4 members (excludes halogenated alkanes) is 1. The van der Waals surface area contributed by atoms with E-state index in [1.165, 1.54) is 25.0 Å². The average Bonchev–Trinajstić information content (AvgIpc) is 2.45. The number of hydrogen-bond donors (Lipinski definition) is 3. The van der Waals surface area contributed by atoms with Crippen LogP contribution in [-0.2, 0) is 6.54 Å². The molecule has 0 radical (unpaired) electrons. The van der Waals surface area contributed by atoms with E-state index in [2.05, 4.69) is 29.5 Å². The zero-order valence-corrected chi connectivity index (χ0v) is 13.1. The third-order valence-electron chi connectivity index (χ3n) is 3.20. The van der Waals surface area contributed by atoms with Crippen LogP contribution in [0.3, 0.4) is 0 Å². The molecule has 0 atom stereocenters. The van der Waals surface area contributed by atoms with Crippen molar-refractivity contribution in [1.82, 2.24) is 10.6 Å². The summed E-state index contributed by atoms with van der Waals surface area (Å²) < 4.78 is 13.2. The molecule has 3 N–H and O–H groups in total. The van der Waals surface area contributed by atoms with Gasteiger partial charge in [-0.05, 0) is 30.0 Å². The Kier molecular flexibility index (Phi) is 7.58. The van der Waals surface area contributed by atoms with E-state index in [0.29, 0.717) is 12.5 Å². The van der Waals surface area contributed by atoms with Crippen LogP contribution < -0.4 is 10.6 Å². The molecule has 0 amide bonds. The van der Waals surface area contributed by atoms with E-state index < -0.39 is 5.82 Å². The van der Waals surface area contributed by atoms with Crippen molar-refractivity contribution in [2.24, 2.45) is 10.9 Å². The molecule has 0 aliphatic carbocycles. The normalized spacial score (nSPS) is 11.8. The monoisotopic (exact) mass is 295 g/mol. The number of phenolic OH excluding ortho intramolecular Hbond substituents is 1. The van der Waals surface area contributed by atoms with Crippen LogP contribution in [0, 0.1) is 11.7 Å². The molecule has 0 heterocycles. The van der Waals surface area contributed by atoms with Crippen LogP contribution in [-0.4, -0.2) is 24.7 Å². The maximum absolute atomic E-state index is 13.2. The van der Waals surface area contributed by atoms with E-state index in [1.54, 1.807) is 13.1 Å². The van der Waals surface area contributed by atoms with Gasteiger partial charge in [-0.25, -0.2) is 4.39 Å². The molecule has 118 valence electrons. The first-order valence-corrected chi connectivity index (χ1v) is 7.45. The van der Waals surface area contributed by atoms with E-state index in [9.17, 15) is 4.39 Å². The van der Waals surface area contributed by atoms with E-state index in [-0.39, 0.29) is 5.75 Å². The predicted molar refractivity (Wildman–Crippen MR) is 85.0 cm³/mol. The van der Waals surface area contributed by atoms with Crippen LogP contribution in [0.1, 0.15) is 38.7 Å². The Hall–Kier alpha value is -1.78. The lowest BCUT2D eigenvalue weighted by Crippen LogP contribution is -2.37. The number of guanidine groups is 1. The van der Waals surface area contributed by atoms with Crippen molar-refractivity contribution in [2.75, 3.05) is 13.6 Å². The Morgan fingerprint density at radius 2 is 2.05 bits per heavy atom. The molecular formula is C16H26FN3O. The fraction of sp³-hybridized carbons (Fsp3) is 0.562. The Morgan fingerprint density at radius 3 is 2.67 bits per heavy atom. The average molecular weight is 295 g/mol. The second-order valence-corrected chi connectivity index (χ2v) is 5.53. The molecule has 0 saturated heterocycles. The number of rotatable bonds is 7. The van der Waals surface area contributed by atoms with Crippen LogP contribution >= 0.6 is 0 Å². The second kappa shape index (κ2) is 9.21. The molecule has 21 heavy (non-hydrogen) atoms. The summed E-state index contributed by atoms with van der Waals surface area (Å²) in [6.07, 6.45) is 3.54. The largest absolute Gasteiger partial charge is 0.505 e. The Labute approximate surface area is 126 Å². The summed E-state index contributed by atoms with van der Waals surface area (Å²) >= 11 is 0. The summed E-state index contributed by atoms with van der Waals surface area (Å²) in [6.45, 7) is 5.79. The highest BCUT2D eigenvalue weighted by atomic mass is 19.1. The Balaban J connectivity index is 2.29. The highest BCUT2D eigenvalue weighted by molar-refractivity contribution is 5.79. The lowest BCUT2D eigenvalue weighted by molar-refractivity contribution is 0.431. The van der Waals surface area contributed by atoms with E-state index in [4.69, 9.17) is 5.11 Å². The van der Waals surface area contributed by atoms with Crippen molar-refractivity contribution in [3.05, 3.63) is 29.6 Å². The van der Waals surface area contributed by atoms with Crippen molar-refractivity contribution >= 4 is 5.96 Å². The second-order valence-electron chi connectivity index (χ2n) is 5.53. The van der Waals surface area contributed by atoms with Gasteiger partial charge in [0.25, 0.3) is 0 Å². The predicted octanol–water partition coefficient (Wildman–Crippen LogP) is 3.02. The van der Waals surface area contributed by atoms with Crippen molar-refractivity contribution < 1.29 is 9.50 Å². The molecule has 0 aliphatic heterocycles. The summed E-state index contributed by atoms with van der Waals surface area (Å²) in [5, 5.41) is 15.5. The molecule has 5 heteroatoms. The summed E-state index contributed by atoms with van der Waals surface area (Å²) in [5.41, 5.74) is 0.757. The van der Waals surface area contributed by atoms with Gasteiger partial charge in [0.1, 0.15) is 0 Å². The number of nitrogens with zero attached hydrogens (tertiary/aromatic N) is 1. The molecule has 0 aromatic heterocycles. The zero-order chi connectivity index (χ0) is 15.7. The van der Waals surface area contributed by atoms with Crippen LogP contribution in [0.15, 0.2) is 23.2 Å². The van der Waals surface area contributed by atoms with Crippen molar-refractivity contribution in [3.8, 4) is 5.75 Å². The van der Waals surface area contributed by atoms with Gasteiger partial charge in [0, 0.05) is 20.1 Å². The van der Waals surface area contributed by atoms with Crippen LogP contribution in [0.4, 0.5) is 4.39 Å². The number of hydrogen-bond acceptors (Lipinski definition) is 2. The zero-order valence-electron chi connectivity index (χ0n) is 13.1. The molecule has 0 saturated carbocycles. The van der Waals surface area contributed by atoms with Gasteiger partial charge in [0.15, 0.2) is 17.5 Å². The molecule has 0 spiro atoms. The fourth-order valence-corrected chi connectivity index (χ4v) is 1.95. The lowest BCUT2D eigenvalue weighted by atomic mass is 10.1. The highest BCUT2D eigenvalue weighted by Crippen LogP contribution is 2.15. The fourth-order valence-electron chi connectivity index (χ4n) is 1.95. The Morgan fingerprint density at radius 1 is 1.29 bits per heavy atom. The van der Waals surface area contributed by atoms with Gasteiger partial charge in [0.2, 0.25) is 0 Å². The van der Waals surface area contributed by atoms with Gasteiger partial charge in [-0.1, -0.05) is 32.8 Å². The number of phenols is 1. The standard InChI is InChI=1S/C16H26FN3O/c1-12(2)6-4-5-9-19-16(18-3)20-11-13-7-8-15(21)14(17)10-13/h7-8,10,12,21H,4-6,9,11H2,1-3H3,(H2,18,19,20). The molecular weight excluding hydrogens is 269 g/mol. The Bertz CT molecular complexity index is 461. The molecule has 4 nitrogen and oxygen atoms in total. The van der Waals surface area contributed by atoms with E-state index >= 15 is 0 Å².